The van der Waals surface area contributed by atoms with Gasteiger partial charge in [-0.15, -0.1) is 0 Å². The predicted octanol–water partition coefficient (Wildman–Crippen LogP) is -0.192. The van der Waals surface area contributed by atoms with E-state index in [0.29, 0.717) is 26.0 Å². The van der Waals surface area contributed by atoms with Gasteiger partial charge in [0, 0.05) is 19.6 Å². The summed E-state index contributed by atoms with van der Waals surface area (Å²) in [6.45, 7) is 4.04. The lowest BCUT2D eigenvalue weighted by Gasteiger charge is -2.21. The minimum absolute atomic E-state index is 0.180. The van der Waals surface area contributed by atoms with Crippen LogP contribution in [0.2, 0.25) is 0 Å². The van der Waals surface area contributed by atoms with E-state index in [2.05, 4.69) is 10.6 Å². The summed E-state index contributed by atoms with van der Waals surface area (Å²) in [5.41, 5.74) is 0. The van der Waals surface area contributed by atoms with Crippen LogP contribution in [0.25, 0.3) is 0 Å². The molecule has 5 nitrogen and oxygen atoms in total. The zero-order valence-electron chi connectivity index (χ0n) is 9.04. The van der Waals surface area contributed by atoms with E-state index in [0.717, 1.165) is 13.0 Å². The van der Waals surface area contributed by atoms with Crippen LogP contribution >= 0.6 is 0 Å². The van der Waals surface area contributed by atoms with Gasteiger partial charge in [0.05, 0.1) is 12.6 Å². The maximum atomic E-state index is 11.3. The summed E-state index contributed by atoms with van der Waals surface area (Å²) in [6.07, 6.45) is 2.00. The second-order valence-electron chi connectivity index (χ2n) is 3.57. The van der Waals surface area contributed by atoms with Crippen LogP contribution < -0.4 is 10.6 Å². The Hall–Kier alpha value is -0.940. The molecule has 1 saturated heterocycles. The van der Waals surface area contributed by atoms with Crippen molar-refractivity contribution in [3.8, 4) is 0 Å². The fourth-order valence-corrected chi connectivity index (χ4v) is 1.44. The Morgan fingerprint density at radius 3 is 2.93 bits per heavy atom. The topological polar surface area (TPSA) is 67.4 Å². The van der Waals surface area contributed by atoms with Crippen molar-refractivity contribution in [1.29, 1.82) is 0 Å². The highest BCUT2D eigenvalue weighted by atomic mass is 16.5. The normalized spacial score (nSPS) is 21.5. The molecule has 1 heterocycles. The van der Waals surface area contributed by atoms with E-state index in [1.165, 1.54) is 0 Å². The van der Waals surface area contributed by atoms with E-state index < -0.39 is 0 Å². The van der Waals surface area contributed by atoms with Crippen molar-refractivity contribution in [2.75, 3.05) is 19.8 Å². The third-order valence-electron chi connectivity index (χ3n) is 2.22. The number of imide groups is 1. The number of carbonyl (C=O) groups excluding carboxylic acids is 2. The number of amides is 2. The lowest BCUT2D eigenvalue weighted by Crippen LogP contribution is -2.51. The van der Waals surface area contributed by atoms with E-state index in [9.17, 15) is 9.59 Å². The van der Waals surface area contributed by atoms with Crippen LogP contribution in [0.1, 0.15) is 26.2 Å². The number of hydrogen-bond acceptors (Lipinski definition) is 4. The minimum atomic E-state index is -0.243. The van der Waals surface area contributed by atoms with Crippen molar-refractivity contribution in [3.63, 3.8) is 0 Å². The minimum Gasteiger partial charge on any atom is -0.380 e. The van der Waals surface area contributed by atoms with Gasteiger partial charge in [0.1, 0.15) is 0 Å². The first kappa shape index (κ1) is 12.1. The fraction of sp³-hybridized carbons (Fsp3) is 0.800. The highest BCUT2D eigenvalue weighted by Crippen LogP contribution is 2.03. The Morgan fingerprint density at radius 2 is 2.27 bits per heavy atom. The van der Waals surface area contributed by atoms with Gasteiger partial charge in [-0.1, -0.05) is 6.92 Å². The van der Waals surface area contributed by atoms with E-state index in [4.69, 9.17) is 4.74 Å². The summed E-state index contributed by atoms with van der Waals surface area (Å²) in [5, 5.41) is 5.36. The number of hydrogen-bond donors (Lipinski definition) is 2. The summed E-state index contributed by atoms with van der Waals surface area (Å²) in [6, 6.07) is -0.243. The average molecular weight is 214 g/mol. The van der Waals surface area contributed by atoms with Crippen molar-refractivity contribution in [2.45, 2.75) is 32.2 Å². The van der Waals surface area contributed by atoms with E-state index in [1.54, 1.807) is 0 Å². The number of nitrogens with one attached hydrogen (secondary N) is 2. The molecule has 2 amide bonds. The molecule has 0 spiro atoms. The fourth-order valence-electron chi connectivity index (χ4n) is 1.44. The van der Waals surface area contributed by atoms with Crippen LogP contribution in [0.15, 0.2) is 0 Å². The molecule has 1 rings (SSSR count). The molecule has 1 unspecified atom stereocenters. The van der Waals surface area contributed by atoms with Crippen LogP contribution in [-0.4, -0.2) is 37.6 Å². The Morgan fingerprint density at radius 1 is 1.47 bits per heavy atom. The van der Waals surface area contributed by atoms with E-state index >= 15 is 0 Å². The molecule has 0 aromatic heterocycles. The third kappa shape index (κ3) is 4.40. The van der Waals surface area contributed by atoms with E-state index in [-0.39, 0.29) is 17.9 Å². The SMILES string of the molecule is CCCOCCNC1CCC(=O)NC1=O. The molecule has 2 N–H and O–H groups in total. The molecule has 1 atom stereocenters. The molecular weight excluding hydrogens is 196 g/mol. The molecule has 0 aliphatic carbocycles. The Labute approximate surface area is 89.6 Å². The molecule has 1 fully saturated rings. The van der Waals surface area contributed by atoms with Crippen LogP contribution in [0.4, 0.5) is 0 Å². The summed E-state index contributed by atoms with van der Waals surface area (Å²) < 4.78 is 5.27. The average Bonchev–Trinajstić information content (AvgIpc) is 2.20. The van der Waals surface area contributed by atoms with Gasteiger partial charge in [0.15, 0.2) is 0 Å². The van der Waals surface area contributed by atoms with Gasteiger partial charge < -0.3 is 10.1 Å². The van der Waals surface area contributed by atoms with Crippen molar-refractivity contribution >= 4 is 11.8 Å². The van der Waals surface area contributed by atoms with Crippen LogP contribution in [-0.2, 0) is 14.3 Å². The highest BCUT2D eigenvalue weighted by molar-refractivity contribution is 6.00. The Bertz CT molecular complexity index is 231. The molecule has 0 saturated carbocycles. The van der Waals surface area contributed by atoms with Crippen LogP contribution in [0.3, 0.4) is 0 Å². The summed E-state index contributed by atoms with van der Waals surface area (Å²) >= 11 is 0. The molecule has 0 aromatic carbocycles. The maximum absolute atomic E-state index is 11.3. The number of piperidine rings is 1. The Balaban J connectivity index is 2.10. The standard InChI is InChI=1S/C10H18N2O3/c1-2-6-15-7-5-11-8-3-4-9(13)12-10(8)14/h8,11H,2-7H2,1H3,(H,12,13,14). The van der Waals surface area contributed by atoms with Gasteiger partial charge in [0.2, 0.25) is 11.8 Å². The van der Waals surface area contributed by atoms with Crippen molar-refractivity contribution in [2.24, 2.45) is 0 Å². The zero-order chi connectivity index (χ0) is 11.1. The molecule has 5 heteroatoms. The zero-order valence-corrected chi connectivity index (χ0v) is 9.04. The maximum Gasteiger partial charge on any atom is 0.243 e. The van der Waals surface area contributed by atoms with E-state index in [1.807, 2.05) is 6.92 Å². The van der Waals surface area contributed by atoms with Gasteiger partial charge in [-0.05, 0) is 12.8 Å². The second kappa shape index (κ2) is 6.53. The van der Waals surface area contributed by atoms with Gasteiger partial charge in [-0.2, -0.15) is 0 Å². The van der Waals surface area contributed by atoms with Crippen LogP contribution in [0, 0.1) is 0 Å². The second-order valence-corrected chi connectivity index (χ2v) is 3.57. The molecule has 15 heavy (non-hydrogen) atoms. The first-order valence-corrected chi connectivity index (χ1v) is 5.39. The summed E-state index contributed by atoms with van der Waals surface area (Å²) in [4.78, 5) is 22.1. The monoisotopic (exact) mass is 214 g/mol. The van der Waals surface area contributed by atoms with Gasteiger partial charge in [-0.3, -0.25) is 14.9 Å². The highest BCUT2D eigenvalue weighted by Gasteiger charge is 2.25. The summed E-state index contributed by atoms with van der Waals surface area (Å²) in [7, 11) is 0. The number of ether oxygens (including phenoxy) is 1. The first-order valence-electron chi connectivity index (χ1n) is 5.39. The Kier molecular flexibility index (Phi) is 5.28. The smallest absolute Gasteiger partial charge is 0.243 e. The van der Waals surface area contributed by atoms with Crippen molar-refractivity contribution in [1.82, 2.24) is 10.6 Å². The molecule has 0 radical (unpaired) electrons. The largest absolute Gasteiger partial charge is 0.380 e. The molecule has 86 valence electrons. The van der Waals surface area contributed by atoms with Crippen LogP contribution in [0.5, 0.6) is 0 Å². The summed E-state index contributed by atoms with van der Waals surface area (Å²) in [5.74, 6) is -0.401. The molecule has 1 aliphatic rings. The molecule has 1 aliphatic heterocycles. The quantitative estimate of drug-likeness (QED) is 0.475. The lowest BCUT2D eigenvalue weighted by molar-refractivity contribution is -0.134. The third-order valence-corrected chi connectivity index (χ3v) is 2.22. The first-order chi connectivity index (χ1) is 7.24. The van der Waals surface area contributed by atoms with Gasteiger partial charge >= 0.3 is 0 Å². The molecule has 0 bridgehead atoms. The predicted molar refractivity (Wildman–Crippen MR) is 55.3 cm³/mol. The molecular formula is C10H18N2O3. The number of rotatable bonds is 6. The van der Waals surface area contributed by atoms with Crippen molar-refractivity contribution in [3.05, 3.63) is 0 Å². The van der Waals surface area contributed by atoms with Gasteiger partial charge in [-0.25, -0.2) is 0 Å². The molecule has 0 aromatic rings. The lowest BCUT2D eigenvalue weighted by atomic mass is 10.1. The number of carbonyl (C=O) groups is 2. The van der Waals surface area contributed by atoms with Gasteiger partial charge in [0.25, 0.3) is 0 Å². The van der Waals surface area contributed by atoms with Crippen molar-refractivity contribution < 1.29 is 14.3 Å².